The van der Waals surface area contributed by atoms with Crippen molar-refractivity contribution in [3.63, 3.8) is 0 Å². The molecule has 15 heavy (non-hydrogen) atoms. The molecule has 0 bridgehead atoms. The molecule has 0 N–H and O–H groups in total. The summed E-state index contributed by atoms with van der Waals surface area (Å²) in [7, 11) is 1.31. The van der Waals surface area contributed by atoms with E-state index in [9.17, 15) is 4.79 Å². The predicted molar refractivity (Wildman–Crippen MR) is 59.6 cm³/mol. The maximum absolute atomic E-state index is 11.0. The Hall–Kier alpha value is -1.05. The van der Waals surface area contributed by atoms with E-state index < -0.39 is 0 Å². The highest BCUT2D eigenvalue weighted by molar-refractivity contribution is 9.10. The third-order valence-electron chi connectivity index (χ3n) is 1.78. The van der Waals surface area contributed by atoms with Crippen LogP contribution in [0.3, 0.4) is 0 Å². The molecule has 1 aromatic carbocycles. The summed E-state index contributed by atoms with van der Waals surface area (Å²) in [4.78, 5) is 11.0. The highest BCUT2D eigenvalue weighted by Crippen LogP contribution is 2.27. The lowest BCUT2D eigenvalue weighted by atomic mass is 10.1. The highest BCUT2D eigenvalue weighted by atomic mass is 79.9. The van der Waals surface area contributed by atoms with Gasteiger partial charge >= 0.3 is 5.97 Å². The fraction of sp³-hybridized carbons (Fsp3) is 0.200. The van der Waals surface area contributed by atoms with Gasteiger partial charge in [0.15, 0.2) is 0 Å². The maximum Gasteiger partial charge on any atom is 0.309 e. The summed E-state index contributed by atoms with van der Waals surface area (Å²) in [5, 5.41) is 9.21. The van der Waals surface area contributed by atoms with E-state index in [2.05, 4.69) is 20.7 Å². The minimum absolute atomic E-state index is 0.109. The number of ether oxygens (including phenoxy) is 1. The number of methoxy groups -OCH3 is 1. The molecule has 0 aliphatic rings. The first-order valence-electron chi connectivity index (χ1n) is 4.03. The average Bonchev–Trinajstić information content (AvgIpc) is 2.22. The third kappa shape index (κ3) is 2.95. The fourth-order valence-corrected chi connectivity index (χ4v) is 1.63. The SMILES string of the molecule is COC(=O)Cc1cc(Cl)c(Br)c(C#N)c1. The molecule has 0 aliphatic heterocycles. The second-order valence-electron chi connectivity index (χ2n) is 2.80. The normalized spacial score (nSPS) is 9.47. The molecular formula is C10H7BrClNO2. The molecule has 0 saturated carbocycles. The Morgan fingerprint density at radius 1 is 1.67 bits per heavy atom. The van der Waals surface area contributed by atoms with Crippen LogP contribution in [-0.4, -0.2) is 13.1 Å². The number of carbonyl (C=O) groups excluding carboxylic acids is 1. The van der Waals surface area contributed by atoms with Crippen LogP contribution in [0.25, 0.3) is 0 Å². The minimum Gasteiger partial charge on any atom is -0.469 e. The molecule has 0 spiro atoms. The number of carbonyl (C=O) groups is 1. The number of halogens is 2. The van der Waals surface area contributed by atoms with Crippen molar-refractivity contribution in [3.8, 4) is 6.07 Å². The smallest absolute Gasteiger partial charge is 0.309 e. The van der Waals surface area contributed by atoms with E-state index in [0.717, 1.165) is 0 Å². The lowest BCUT2D eigenvalue weighted by molar-refractivity contribution is -0.139. The van der Waals surface area contributed by atoms with Crippen molar-refractivity contribution in [2.75, 3.05) is 7.11 Å². The lowest BCUT2D eigenvalue weighted by Crippen LogP contribution is -2.04. The van der Waals surface area contributed by atoms with E-state index in [1.807, 2.05) is 6.07 Å². The third-order valence-corrected chi connectivity index (χ3v) is 3.17. The largest absolute Gasteiger partial charge is 0.469 e. The zero-order valence-electron chi connectivity index (χ0n) is 7.88. The zero-order chi connectivity index (χ0) is 11.4. The predicted octanol–water partition coefficient (Wildman–Crippen LogP) is 2.69. The van der Waals surface area contributed by atoms with Crippen molar-refractivity contribution in [3.05, 3.63) is 32.8 Å². The van der Waals surface area contributed by atoms with Gasteiger partial charge in [-0.1, -0.05) is 11.6 Å². The van der Waals surface area contributed by atoms with Crippen LogP contribution >= 0.6 is 27.5 Å². The summed E-state index contributed by atoms with van der Waals surface area (Å²) in [6.45, 7) is 0. The lowest BCUT2D eigenvalue weighted by Gasteiger charge is -2.04. The molecular weight excluding hydrogens is 281 g/mol. The van der Waals surface area contributed by atoms with Crippen LogP contribution in [-0.2, 0) is 16.0 Å². The van der Waals surface area contributed by atoms with Crippen LogP contribution in [0.5, 0.6) is 0 Å². The van der Waals surface area contributed by atoms with Crippen molar-refractivity contribution in [2.45, 2.75) is 6.42 Å². The maximum atomic E-state index is 11.0. The Balaban J connectivity index is 3.07. The number of nitrogens with zero attached hydrogens (tertiary/aromatic N) is 1. The van der Waals surface area contributed by atoms with Gasteiger partial charge in [0.1, 0.15) is 6.07 Å². The van der Waals surface area contributed by atoms with Crippen molar-refractivity contribution in [1.82, 2.24) is 0 Å². The molecule has 0 atom stereocenters. The van der Waals surface area contributed by atoms with Crippen LogP contribution in [0.1, 0.15) is 11.1 Å². The molecule has 1 aromatic rings. The summed E-state index contributed by atoms with van der Waals surface area (Å²) in [6, 6.07) is 5.22. The first-order valence-corrected chi connectivity index (χ1v) is 5.20. The van der Waals surface area contributed by atoms with Crippen molar-refractivity contribution < 1.29 is 9.53 Å². The van der Waals surface area contributed by atoms with Crippen molar-refractivity contribution in [1.29, 1.82) is 5.26 Å². The number of rotatable bonds is 2. The Kier molecular flexibility index (Phi) is 4.13. The standard InChI is InChI=1S/C10H7BrClNO2/c1-15-9(14)4-6-2-7(5-13)10(11)8(12)3-6/h2-3H,4H2,1H3. The van der Waals surface area contributed by atoms with Crippen molar-refractivity contribution in [2.24, 2.45) is 0 Å². The first-order chi connectivity index (χ1) is 7.08. The number of esters is 1. The molecule has 1 rings (SSSR count). The van der Waals surface area contributed by atoms with E-state index in [-0.39, 0.29) is 12.4 Å². The Labute approximate surface area is 101 Å². The molecule has 0 saturated heterocycles. The molecule has 0 aromatic heterocycles. The van der Waals surface area contributed by atoms with Crippen LogP contribution in [0.15, 0.2) is 16.6 Å². The summed E-state index contributed by atoms with van der Waals surface area (Å²) >= 11 is 9.06. The monoisotopic (exact) mass is 287 g/mol. The topological polar surface area (TPSA) is 50.1 Å². The molecule has 0 amide bonds. The number of hydrogen-bond donors (Lipinski definition) is 0. The Bertz CT molecular complexity index is 440. The van der Waals surface area contributed by atoms with Gasteiger partial charge in [-0.15, -0.1) is 0 Å². The zero-order valence-corrected chi connectivity index (χ0v) is 10.2. The molecule has 0 aliphatic carbocycles. The Morgan fingerprint density at radius 2 is 2.33 bits per heavy atom. The van der Waals surface area contributed by atoms with E-state index >= 15 is 0 Å². The summed E-state index contributed by atoms with van der Waals surface area (Å²) in [5.74, 6) is -0.364. The summed E-state index contributed by atoms with van der Waals surface area (Å²) in [6.07, 6.45) is 0.109. The van der Waals surface area contributed by atoms with E-state index in [1.165, 1.54) is 7.11 Å². The van der Waals surface area contributed by atoms with E-state index in [1.54, 1.807) is 12.1 Å². The van der Waals surface area contributed by atoms with Gasteiger partial charge in [-0.3, -0.25) is 4.79 Å². The van der Waals surface area contributed by atoms with E-state index in [4.69, 9.17) is 16.9 Å². The van der Waals surface area contributed by atoms with Crippen molar-refractivity contribution >= 4 is 33.5 Å². The number of nitriles is 1. The second-order valence-corrected chi connectivity index (χ2v) is 4.00. The first kappa shape index (κ1) is 12.0. The van der Waals surface area contributed by atoms with Gasteiger partial charge in [0.25, 0.3) is 0 Å². The van der Waals surface area contributed by atoms with Crippen LogP contribution in [0.2, 0.25) is 5.02 Å². The minimum atomic E-state index is -0.364. The van der Waals surface area contributed by atoms with Crippen LogP contribution < -0.4 is 0 Å². The molecule has 78 valence electrons. The summed E-state index contributed by atoms with van der Waals surface area (Å²) < 4.78 is 5.06. The fourth-order valence-electron chi connectivity index (χ4n) is 1.07. The van der Waals surface area contributed by atoms with Gasteiger partial charge in [0, 0.05) is 0 Å². The van der Waals surface area contributed by atoms with Gasteiger partial charge in [0.05, 0.1) is 28.6 Å². The van der Waals surface area contributed by atoms with Gasteiger partial charge in [-0.05, 0) is 33.6 Å². The number of hydrogen-bond acceptors (Lipinski definition) is 3. The molecule has 0 unspecified atom stereocenters. The molecule has 0 fully saturated rings. The molecule has 3 nitrogen and oxygen atoms in total. The number of benzene rings is 1. The van der Waals surface area contributed by atoms with Gasteiger partial charge in [-0.25, -0.2) is 0 Å². The van der Waals surface area contributed by atoms with E-state index in [0.29, 0.717) is 20.6 Å². The van der Waals surface area contributed by atoms with Gasteiger partial charge < -0.3 is 4.74 Å². The second kappa shape index (κ2) is 5.15. The average molecular weight is 289 g/mol. The molecule has 0 radical (unpaired) electrons. The Morgan fingerprint density at radius 3 is 2.87 bits per heavy atom. The molecule has 0 heterocycles. The summed E-state index contributed by atoms with van der Waals surface area (Å²) in [5.41, 5.74) is 1.06. The highest BCUT2D eigenvalue weighted by Gasteiger charge is 2.09. The van der Waals surface area contributed by atoms with Crippen LogP contribution in [0, 0.1) is 11.3 Å². The van der Waals surface area contributed by atoms with Gasteiger partial charge in [-0.2, -0.15) is 5.26 Å². The molecule has 5 heteroatoms. The van der Waals surface area contributed by atoms with Crippen LogP contribution in [0.4, 0.5) is 0 Å². The van der Waals surface area contributed by atoms with Gasteiger partial charge in [0.2, 0.25) is 0 Å². The quantitative estimate of drug-likeness (QED) is 0.786.